The maximum absolute atomic E-state index is 10.0. The van der Waals surface area contributed by atoms with E-state index in [2.05, 4.69) is 167 Å². The summed E-state index contributed by atoms with van der Waals surface area (Å²) in [6.07, 6.45) is 0. The van der Waals surface area contributed by atoms with Crippen molar-refractivity contribution < 1.29 is 4.55 Å². The van der Waals surface area contributed by atoms with Crippen LogP contribution in [0, 0.1) is 0 Å². The molecule has 0 saturated heterocycles. The van der Waals surface area contributed by atoms with E-state index in [4.69, 9.17) is 9.97 Å². The van der Waals surface area contributed by atoms with Crippen LogP contribution in [-0.2, 0) is 0 Å². The molecule has 2 heterocycles. The number of fused-ring (bicyclic) bond motifs is 5. The quantitative estimate of drug-likeness (QED) is 0.124. The van der Waals surface area contributed by atoms with Crippen LogP contribution in [0.15, 0.2) is 211 Å². The third kappa shape index (κ3) is 6.07. The van der Waals surface area contributed by atoms with Gasteiger partial charge in [-0.2, -0.15) is 0 Å². The highest BCUT2D eigenvalue weighted by Crippen LogP contribution is 2.47. The van der Waals surface area contributed by atoms with Crippen molar-refractivity contribution in [1.29, 1.82) is 0 Å². The molecule has 2 aromatic heterocycles. The van der Waals surface area contributed by atoms with E-state index in [-0.39, 0.29) is 0 Å². The smallest absolute Gasteiger partial charge is 0.145 e. The topological polar surface area (TPSA) is 66.7 Å². The van der Waals surface area contributed by atoms with Gasteiger partial charge in [-0.1, -0.05) is 140 Å². The Bertz CT molecular complexity index is 3650. The first-order chi connectivity index (χ1) is 30.7. The molecule has 0 amide bonds. The molecule has 292 valence electrons. The lowest BCUT2D eigenvalue weighted by Gasteiger charge is -2.20. The minimum Gasteiger partial charge on any atom is -0.338 e. The molecular formula is C56H36N4OS. The minimum atomic E-state index is 0.770. The number of nitrogens with one attached hydrogen (secondary N) is 1. The average Bonchev–Trinajstić information content (AvgIpc) is 3.96. The van der Waals surface area contributed by atoms with Crippen LogP contribution in [0.25, 0.3) is 116 Å². The second kappa shape index (κ2) is 14.7. The van der Waals surface area contributed by atoms with Gasteiger partial charge in [0.1, 0.15) is 11.6 Å². The van der Waals surface area contributed by atoms with Crippen molar-refractivity contribution in [2.75, 3.05) is 0 Å². The molecule has 0 aliphatic heterocycles. The maximum Gasteiger partial charge on any atom is 0.145 e. The zero-order valence-corrected chi connectivity index (χ0v) is 34.1. The van der Waals surface area contributed by atoms with E-state index in [9.17, 15) is 4.55 Å². The standard InChI is InChI=1S/C56H36N4OS/c61-62-44-16-10-15-39(32-44)40-25-29-46-47(33-40)53(36-23-27-43(28-24-36)60-52-20-9-8-19-51(52)59-56(60)37-12-2-1-3-13-37)45-30-26-42(55-57-49-17-6-7-18-50(49)58-55)34-48(45)54(46)41-22-21-35-11-4-5-14-38(35)31-41/h1-34,61H,(H,57,58). The Balaban J connectivity index is 1.14. The number of aromatic amines is 1. The van der Waals surface area contributed by atoms with E-state index < -0.39 is 0 Å². The highest BCUT2D eigenvalue weighted by atomic mass is 32.2. The van der Waals surface area contributed by atoms with Crippen LogP contribution in [0.3, 0.4) is 0 Å². The van der Waals surface area contributed by atoms with Gasteiger partial charge >= 0.3 is 0 Å². The molecule has 2 N–H and O–H groups in total. The molecule has 0 atom stereocenters. The summed E-state index contributed by atoms with van der Waals surface area (Å²) in [5.41, 5.74) is 13.8. The van der Waals surface area contributed by atoms with Crippen molar-refractivity contribution >= 4 is 66.4 Å². The number of imidazole rings is 2. The molecule has 0 radical (unpaired) electrons. The third-order valence-electron chi connectivity index (χ3n) is 12.1. The van der Waals surface area contributed by atoms with Gasteiger partial charge < -0.3 is 9.54 Å². The number of nitrogens with zero attached hydrogens (tertiary/aromatic N) is 3. The normalized spacial score (nSPS) is 11.7. The fourth-order valence-corrected chi connectivity index (χ4v) is 9.51. The Labute approximate surface area is 361 Å². The molecule has 12 aromatic rings. The van der Waals surface area contributed by atoms with Gasteiger partial charge in [0, 0.05) is 33.8 Å². The van der Waals surface area contributed by atoms with Crippen molar-refractivity contribution in [1.82, 2.24) is 19.5 Å². The van der Waals surface area contributed by atoms with Crippen LogP contribution in [-0.4, -0.2) is 24.1 Å². The van der Waals surface area contributed by atoms with Crippen LogP contribution in [0.5, 0.6) is 0 Å². The van der Waals surface area contributed by atoms with Crippen LogP contribution in [0.4, 0.5) is 0 Å². The molecule has 0 fully saturated rings. The van der Waals surface area contributed by atoms with E-state index in [1.54, 1.807) is 0 Å². The summed E-state index contributed by atoms with van der Waals surface area (Å²) in [7, 11) is 0. The van der Waals surface area contributed by atoms with E-state index >= 15 is 0 Å². The average molecular weight is 813 g/mol. The summed E-state index contributed by atoms with van der Waals surface area (Å²) in [4.78, 5) is 14.5. The molecule has 0 aliphatic carbocycles. The number of aromatic nitrogens is 4. The number of hydrogen-bond acceptors (Lipinski definition) is 4. The summed E-state index contributed by atoms with van der Waals surface area (Å²) < 4.78 is 12.3. The molecule has 0 spiro atoms. The van der Waals surface area contributed by atoms with Gasteiger partial charge in [0.15, 0.2) is 0 Å². The molecule has 62 heavy (non-hydrogen) atoms. The number of hydrogen-bond donors (Lipinski definition) is 2. The zero-order valence-electron chi connectivity index (χ0n) is 33.3. The van der Waals surface area contributed by atoms with Gasteiger partial charge in [-0.3, -0.25) is 4.57 Å². The molecule has 0 aliphatic rings. The predicted octanol–water partition coefficient (Wildman–Crippen LogP) is 15.3. The first-order valence-electron chi connectivity index (χ1n) is 20.7. The number of benzene rings is 10. The lowest BCUT2D eigenvalue weighted by molar-refractivity contribution is 0.664. The van der Waals surface area contributed by atoms with Gasteiger partial charge in [-0.15, -0.1) is 0 Å². The van der Waals surface area contributed by atoms with Crippen molar-refractivity contribution in [3.05, 3.63) is 206 Å². The first-order valence-corrected chi connectivity index (χ1v) is 21.5. The van der Waals surface area contributed by atoms with Gasteiger partial charge in [0.2, 0.25) is 0 Å². The van der Waals surface area contributed by atoms with E-state index in [0.29, 0.717) is 0 Å². The summed E-state index contributed by atoms with van der Waals surface area (Å²) in [6.45, 7) is 0. The second-order valence-electron chi connectivity index (χ2n) is 15.7. The van der Waals surface area contributed by atoms with Crippen LogP contribution < -0.4 is 0 Å². The fraction of sp³-hybridized carbons (Fsp3) is 0. The van der Waals surface area contributed by atoms with Crippen molar-refractivity contribution in [2.24, 2.45) is 0 Å². The summed E-state index contributed by atoms with van der Waals surface area (Å²) in [5, 5.41) is 6.97. The van der Waals surface area contributed by atoms with Gasteiger partial charge in [-0.25, -0.2) is 9.97 Å². The second-order valence-corrected chi connectivity index (χ2v) is 16.4. The fourth-order valence-electron chi connectivity index (χ4n) is 9.19. The predicted molar refractivity (Wildman–Crippen MR) is 259 cm³/mol. The van der Waals surface area contributed by atoms with Crippen molar-refractivity contribution in [2.45, 2.75) is 4.90 Å². The Morgan fingerprint density at radius 2 is 1.05 bits per heavy atom. The molecule has 5 nitrogen and oxygen atoms in total. The van der Waals surface area contributed by atoms with E-state index in [0.717, 1.165) is 117 Å². The van der Waals surface area contributed by atoms with Crippen molar-refractivity contribution in [3.8, 4) is 61.8 Å². The first kappa shape index (κ1) is 36.1. The highest BCUT2D eigenvalue weighted by Gasteiger charge is 2.21. The summed E-state index contributed by atoms with van der Waals surface area (Å²) >= 11 is 0.770. The van der Waals surface area contributed by atoms with Gasteiger partial charge in [-0.05, 0) is 132 Å². The number of rotatable bonds is 7. The SMILES string of the molecule is OSc1cccc(-c2ccc3c(-c4ccc5ccccc5c4)c4cc(-c5nc6ccccc6[nH]5)ccc4c(-c4ccc(-n5c(-c6ccccc6)nc6ccccc65)cc4)c3c2)c1. The molecule has 12 rings (SSSR count). The Morgan fingerprint density at radius 1 is 0.419 bits per heavy atom. The number of para-hydroxylation sites is 4. The Morgan fingerprint density at radius 3 is 1.85 bits per heavy atom. The van der Waals surface area contributed by atoms with Crippen LogP contribution >= 0.6 is 12.0 Å². The summed E-state index contributed by atoms with van der Waals surface area (Å²) in [5.74, 6) is 1.74. The minimum absolute atomic E-state index is 0.770. The summed E-state index contributed by atoms with van der Waals surface area (Å²) in [6, 6.07) is 72.9. The Kier molecular flexibility index (Phi) is 8.59. The molecular weight excluding hydrogens is 777 g/mol. The van der Waals surface area contributed by atoms with Gasteiger partial charge in [0.25, 0.3) is 0 Å². The Hall–Kier alpha value is -7.77. The molecule has 10 aromatic carbocycles. The van der Waals surface area contributed by atoms with Crippen molar-refractivity contribution in [3.63, 3.8) is 0 Å². The largest absolute Gasteiger partial charge is 0.338 e. The van der Waals surface area contributed by atoms with E-state index in [1.165, 1.54) is 16.3 Å². The number of H-pyrrole nitrogens is 1. The molecule has 0 bridgehead atoms. The molecule has 6 heteroatoms. The van der Waals surface area contributed by atoms with Crippen LogP contribution in [0.1, 0.15) is 0 Å². The lowest BCUT2D eigenvalue weighted by atomic mass is 9.84. The van der Waals surface area contributed by atoms with Crippen LogP contribution in [0.2, 0.25) is 0 Å². The van der Waals surface area contributed by atoms with Gasteiger partial charge in [0.05, 0.1) is 22.1 Å². The highest BCUT2D eigenvalue weighted by molar-refractivity contribution is 7.93. The lowest BCUT2D eigenvalue weighted by Crippen LogP contribution is -1.98. The third-order valence-corrected chi connectivity index (χ3v) is 12.6. The zero-order chi connectivity index (χ0) is 41.1. The molecule has 0 saturated carbocycles. The maximum atomic E-state index is 10.0. The molecule has 0 unspecified atom stereocenters. The monoisotopic (exact) mass is 812 g/mol. The van der Waals surface area contributed by atoms with E-state index in [1.807, 2.05) is 48.5 Å².